The standard InChI is InChI=1S/C19H25NO5/c1-19(2,3)25-18(22)20-12-11-16(13-20)24-15-8-5-14(6-9-15)7-10-17(21)23-4/h5-10,16H,11-13H2,1-4H3/b10-7+/t16-/m0/s1. The first-order valence-electron chi connectivity index (χ1n) is 8.27. The molecule has 1 aromatic carbocycles. The van der Waals surface area contributed by atoms with Crippen LogP contribution in [0.1, 0.15) is 32.8 Å². The van der Waals surface area contributed by atoms with Crippen LogP contribution in [0.2, 0.25) is 0 Å². The van der Waals surface area contributed by atoms with Gasteiger partial charge in [0.25, 0.3) is 0 Å². The minimum absolute atomic E-state index is 0.0519. The van der Waals surface area contributed by atoms with Crippen LogP contribution >= 0.6 is 0 Å². The van der Waals surface area contributed by atoms with Crippen LogP contribution in [0.5, 0.6) is 5.75 Å². The second kappa shape index (κ2) is 8.05. The van der Waals surface area contributed by atoms with Gasteiger partial charge in [-0.1, -0.05) is 12.1 Å². The maximum Gasteiger partial charge on any atom is 0.410 e. The van der Waals surface area contributed by atoms with Crippen molar-refractivity contribution in [2.24, 2.45) is 0 Å². The molecule has 0 spiro atoms. The first-order chi connectivity index (χ1) is 11.8. The van der Waals surface area contributed by atoms with Crippen molar-refractivity contribution in [3.63, 3.8) is 0 Å². The van der Waals surface area contributed by atoms with Gasteiger partial charge in [-0.25, -0.2) is 9.59 Å². The highest BCUT2D eigenvalue weighted by atomic mass is 16.6. The van der Waals surface area contributed by atoms with E-state index < -0.39 is 11.6 Å². The molecule has 1 aliphatic heterocycles. The Morgan fingerprint density at radius 3 is 2.48 bits per heavy atom. The number of likely N-dealkylation sites (tertiary alicyclic amines) is 1. The van der Waals surface area contributed by atoms with Crippen LogP contribution in [0.3, 0.4) is 0 Å². The summed E-state index contributed by atoms with van der Waals surface area (Å²) in [6, 6.07) is 7.39. The van der Waals surface area contributed by atoms with Crippen LogP contribution in [0.4, 0.5) is 4.79 Å². The van der Waals surface area contributed by atoms with Crippen molar-refractivity contribution in [3.8, 4) is 5.75 Å². The average molecular weight is 347 g/mol. The summed E-state index contributed by atoms with van der Waals surface area (Å²) in [4.78, 5) is 24.8. The number of hydrogen-bond acceptors (Lipinski definition) is 5. The molecule has 1 atom stereocenters. The number of nitrogens with zero attached hydrogens (tertiary/aromatic N) is 1. The summed E-state index contributed by atoms with van der Waals surface area (Å²) in [6.45, 7) is 6.69. The van der Waals surface area contributed by atoms with Crippen LogP contribution in [0.15, 0.2) is 30.3 Å². The summed E-state index contributed by atoms with van der Waals surface area (Å²) in [5.74, 6) is 0.333. The summed E-state index contributed by atoms with van der Waals surface area (Å²) in [7, 11) is 1.34. The lowest BCUT2D eigenvalue weighted by Crippen LogP contribution is -2.36. The molecule has 1 aliphatic rings. The van der Waals surface area contributed by atoms with Crippen molar-refractivity contribution >= 4 is 18.1 Å². The Labute approximate surface area is 148 Å². The normalized spacial score (nSPS) is 17.6. The van der Waals surface area contributed by atoms with Crippen molar-refractivity contribution in [1.29, 1.82) is 0 Å². The maximum absolute atomic E-state index is 12.1. The second-order valence-corrected chi connectivity index (χ2v) is 6.88. The van der Waals surface area contributed by atoms with E-state index in [4.69, 9.17) is 9.47 Å². The third-order valence-corrected chi connectivity index (χ3v) is 3.59. The third kappa shape index (κ3) is 6.14. The second-order valence-electron chi connectivity index (χ2n) is 6.88. The molecule has 0 saturated carbocycles. The molecule has 0 aliphatic carbocycles. The van der Waals surface area contributed by atoms with Crippen LogP contribution in [-0.2, 0) is 14.3 Å². The van der Waals surface area contributed by atoms with Crippen LogP contribution in [0, 0.1) is 0 Å². The van der Waals surface area contributed by atoms with Crippen molar-refractivity contribution < 1.29 is 23.8 Å². The zero-order chi connectivity index (χ0) is 18.4. The number of benzene rings is 1. The zero-order valence-corrected chi connectivity index (χ0v) is 15.2. The van der Waals surface area contributed by atoms with Crippen LogP contribution in [0.25, 0.3) is 6.08 Å². The topological polar surface area (TPSA) is 65.1 Å². The molecule has 1 amide bonds. The Morgan fingerprint density at radius 1 is 1.20 bits per heavy atom. The van der Waals surface area contributed by atoms with E-state index in [-0.39, 0.29) is 12.2 Å². The molecule has 0 bridgehead atoms. The average Bonchev–Trinajstić information content (AvgIpc) is 3.01. The molecular weight excluding hydrogens is 322 g/mol. The number of carbonyl (C=O) groups excluding carboxylic acids is 2. The molecule has 25 heavy (non-hydrogen) atoms. The Morgan fingerprint density at radius 2 is 1.88 bits per heavy atom. The lowest BCUT2D eigenvalue weighted by molar-refractivity contribution is -0.134. The summed E-state index contributed by atoms with van der Waals surface area (Å²) >= 11 is 0. The van der Waals surface area contributed by atoms with E-state index in [2.05, 4.69) is 4.74 Å². The highest BCUT2D eigenvalue weighted by Crippen LogP contribution is 2.21. The van der Waals surface area contributed by atoms with Gasteiger partial charge in [0.2, 0.25) is 0 Å². The fraction of sp³-hybridized carbons (Fsp3) is 0.474. The minimum Gasteiger partial charge on any atom is -0.489 e. The number of hydrogen-bond donors (Lipinski definition) is 0. The number of esters is 1. The SMILES string of the molecule is COC(=O)/C=C/c1ccc(O[C@H]2CCN(C(=O)OC(C)(C)C)C2)cc1. The van der Waals surface area contributed by atoms with Gasteiger partial charge in [0.15, 0.2) is 0 Å². The molecule has 0 unspecified atom stereocenters. The van der Waals surface area contributed by atoms with E-state index in [1.54, 1.807) is 11.0 Å². The molecule has 2 rings (SSSR count). The highest BCUT2D eigenvalue weighted by Gasteiger charge is 2.30. The Hall–Kier alpha value is -2.50. The van der Waals surface area contributed by atoms with E-state index in [0.717, 1.165) is 17.7 Å². The smallest absolute Gasteiger partial charge is 0.410 e. The van der Waals surface area contributed by atoms with Crippen molar-refractivity contribution in [1.82, 2.24) is 4.90 Å². The lowest BCUT2D eigenvalue weighted by Gasteiger charge is -2.24. The van der Waals surface area contributed by atoms with Crippen molar-refractivity contribution in [3.05, 3.63) is 35.9 Å². The number of amides is 1. The third-order valence-electron chi connectivity index (χ3n) is 3.59. The van der Waals surface area contributed by atoms with Gasteiger partial charge in [0.1, 0.15) is 17.5 Å². The van der Waals surface area contributed by atoms with E-state index in [9.17, 15) is 9.59 Å². The molecular formula is C19H25NO5. The predicted octanol–water partition coefficient (Wildman–Crippen LogP) is 3.26. The zero-order valence-electron chi connectivity index (χ0n) is 15.2. The minimum atomic E-state index is -0.496. The van der Waals surface area contributed by atoms with Crippen LogP contribution < -0.4 is 4.74 Å². The molecule has 0 N–H and O–H groups in total. The number of carbonyl (C=O) groups is 2. The van der Waals surface area contributed by atoms with Gasteiger partial charge in [-0.15, -0.1) is 0 Å². The first kappa shape index (κ1) is 18.8. The molecule has 0 aromatic heterocycles. The van der Waals surface area contributed by atoms with Gasteiger partial charge in [0.05, 0.1) is 13.7 Å². The Balaban J connectivity index is 1.86. The van der Waals surface area contributed by atoms with Crippen LogP contribution in [-0.4, -0.2) is 48.9 Å². The fourth-order valence-electron chi connectivity index (χ4n) is 2.40. The molecule has 0 radical (unpaired) electrons. The monoisotopic (exact) mass is 347 g/mol. The van der Waals surface area contributed by atoms with Gasteiger partial charge in [-0.2, -0.15) is 0 Å². The lowest BCUT2D eigenvalue weighted by atomic mass is 10.2. The molecule has 6 heteroatoms. The molecule has 6 nitrogen and oxygen atoms in total. The van der Waals surface area contributed by atoms with E-state index in [1.807, 2.05) is 45.0 Å². The summed E-state index contributed by atoms with van der Waals surface area (Å²) in [5.41, 5.74) is 0.378. The number of methoxy groups -OCH3 is 1. The molecule has 136 valence electrons. The van der Waals surface area contributed by atoms with Gasteiger partial charge in [-0.3, -0.25) is 0 Å². The number of ether oxygens (including phenoxy) is 3. The van der Waals surface area contributed by atoms with E-state index in [1.165, 1.54) is 13.2 Å². The maximum atomic E-state index is 12.1. The highest BCUT2D eigenvalue weighted by molar-refractivity contribution is 5.86. The first-order valence-corrected chi connectivity index (χ1v) is 8.27. The molecule has 1 aromatic rings. The molecule has 1 heterocycles. The van der Waals surface area contributed by atoms with Crippen molar-refractivity contribution in [2.45, 2.75) is 38.9 Å². The molecule has 1 fully saturated rings. The van der Waals surface area contributed by atoms with Gasteiger partial charge >= 0.3 is 12.1 Å². The summed E-state index contributed by atoms with van der Waals surface area (Å²) in [6.07, 6.45) is 3.45. The van der Waals surface area contributed by atoms with E-state index in [0.29, 0.717) is 13.1 Å². The quantitative estimate of drug-likeness (QED) is 0.618. The van der Waals surface area contributed by atoms with Gasteiger partial charge < -0.3 is 19.1 Å². The Bertz CT molecular complexity index is 630. The fourth-order valence-corrected chi connectivity index (χ4v) is 2.40. The predicted molar refractivity (Wildman–Crippen MR) is 94.3 cm³/mol. The van der Waals surface area contributed by atoms with E-state index >= 15 is 0 Å². The molecule has 1 saturated heterocycles. The summed E-state index contributed by atoms with van der Waals surface area (Å²) < 4.78 is 15.9. The van der Waals surface area contributed by atoms with Gasteiger partial charge in [-0.05, 0) is 44.5 Å². The van der Waals surface area contributed by atoms with Gasteiger partial charge in [0, 0.05) is 19.0 Å². The van der Waals surface area contributed by atoms with Crippen molar-refractivity contribution in [2.75, 3.05) is 20.2 Å². The number of rotatable bonds is 4. The largest absolute Gasteiger partial charge is 0.489 e. The summed E-state index contributed by atoms with van der Waals surface area (Å²) in [5, 5.41) is 0. The Kier molecular flexibility index (Phi) is 6.07.